The zero-order valence-electron chi connectivity index (χ0n) is 11.2. The normalized spacial score (nSPS) is 12.8. The summed E-state index contributed by atoms with van der Waals surface area (Å²) in [4.78, 5) is 5.38. The number of aliphatic hydroxyl groups is 1. The molecule has 1 unspecified atom stereocenters. The van der Waals surface area contributed by atoms with Crippen molar-refractivity contribution in [2.24, 2.45) is 0 Å². The van der Waals surface area contributed by atoms with Gasteiger partial charge in [0, 0.05) is 26.7 Å². The molecule has 2 aromatic carbocycles. The van der Waals surface area contributed by atoms with Crippen LogP contribution in [0.25, 0.3) is 21.0 Å². The van der Waals surface area contributed by atoms with Gasteiger partial charge < -0.3 is 5.11 Å². The predicted octanol–water partition coefficient (Wildman–Crippen LogP) is 4.53. The lowest BCUT2D eigenvalue weighted by atomic mass is 10.1. The number of benzene rings is 2. The summed E-state index contributed by atoms with van der Waals surface area (Å²) in [5.41, 5.74) is 1.78. The van der Waals surface area contributed by atoms with E-state index in [1.54, 1.807) is 17.5 Å². The number of aliphatic hydroxyl groups excluding tert-OH is 1. The molecule has 2 aromatic heterocycles. The summed E-state index contributed by atoms with van der Waals surface area (Å²) < 4.78 is 1.19. The van der Waals surface area contributed by atoms with E-state index in [0.29, 0.717) is 0 Å². The van der Waals surface area contributed by atoms with Gasteiger partial charge in [0.25, 0.3) is 0 Å². The van der Waals surface area contributed by atoms with E-state index in [4.69, 9.17) is 0 Å². The number of thiophene rings is 1. The van der Waals surface area contributed by atoms with Crippen molar-refractivity contribution in [2.75, 3.05) is 0 Å². The highest BCUT2D eigenvalue weighted by molar-refractivity contribution is 7.19. The molecule has 3 heteroatoms. The number of rotatable bonds is 2. The van der Waals surface area contributed by atoms with Gasteiger partial charge in [0.15, 0.2) is 0 Å². The molecule has 4 aromatic rings. The van der Waals surface area contributed by atoms with Crippen LogP contribution in [0.1, 0.15) is 16.5 Å². The van der Waals surface area contributed by atoms with Crippen LogP contribution in [-0.2, 0) is 0 Å². The minimum Gasteiger partial charge on any atom is -0.383 e. The Hall–Kier alpha value is -2.23. The lowest BCUT2D eigenvalue weighted by Gasteiger charge is -2.09. The topological polar surface area (TPSA) is 33.1 Å². The number of hydrogen-bond acceptors (Lipinski definition) is 3. The van der Waals surface area contributed by atoms with Gasteiger partial charge in [-0.1, -0.05) is 36.4 Å². The standard InChI is InChI=1S/C18H13NOS/c20-18(17-10-13-6-2-4-8-16(13)21-17)14-9-12-5-1-3-7-15(12)19-11-14/h1-11,18,20H. The lowest BCUT2D eigenvalue weighted by Crippen LogP contribution is -1.97. The summed E-state index contributed by atoms with van der Waals surface area (Å²) >= 11 is 1.63. The summed E-state index contributed by atoms with van der Waals surface area (Å²) in [6.07, 6.45) is 1.14. The SMILES string of the molecule is OC(c1cnc2ccccc2c1)c1cc2ccccc2s1. The van der Waals surface area contributed by atoms with Crippen molar-refractivity contribution in [3.8, 4) is 0 Å². The number of para-hydroxylation sites is 1. The molecule has 0 amide bonds. The summed E-state index contributed by atoms with van der Waals surface area (Å²) in [5, 5.41) is 12.8. The second-order valence-electron chi connectivity index (χ2n) is 5.05. The fourth-order valence-corrected chi connectivity index (χ4v) is 3.62. The lowest BCUT2D eigenvalue weighted by molar-refractivity contribution is 0.224. The van der Waals surface area contributed by atoms with Crippen LogP contribution in [0.2, 0.25) is 0 Å². The van der Waals surface area contributed by atoms with Crippen molar-refractivity contribution in [3.05, 3.63) is 77.3 Å². The van der Waals surface area contributed by atoms with Crippen LogP contribution in [0, 0.1) is 0 Å². The molecule has 0 aliphatic rings. The van der Waals surface area contributed by atoms with Gasteiger partial charge in [-0.05, 0) is 29.7 Å². The molecule has 4 rings (SSSR count). The third-order valence-corrected chi connectivity index (χ3v) is 4.81. The average Bonchev–Trinajstić information content (AvgIpc) is 2.97. The Balaban J connectivity index is 1.79. The van der Waals surface area contributed by atoms with E-state index in [1.807, 2.05) is 42.5 Å². The van der Waals surface area contributed by atoms with E-state index < -0.39 is 6.10 Å². The maximum absolute atomic E-state index is 10.6. The minimum atomic E-state index is -0.625. The zero-order valence-corrected chi connectivity index (χ0v) is 12.0. The van der Waals surface area contributed by atoms with E-state index in [2.05, 4.69) is 23.2 Å². The molecular weight excluding hydrogens is 278 g/mol. The highest BCUT2D eigenvalue weighted by atomic mass is 32.1. The van der Waals surface area contributed by atoms with Crippen LogP contribution >= 0.6 is 11.3 Å². The van der Waals surface area contributed by atoms with Crippen LogP contribution < -0.4 is 0 Å². The molecule has 21 heavy (non-hydrogen) atoms. The van der Waals surface area contributed by atoms with Gasteiger partial charge in [0.05, 0.1) is 5.52 Å². The quantitative estimate of drug-likeness (QED) is 0.588. The Kier molecular flexibility index (Phi) is 2.95. The molecule has 0 spiro atoms. The Morgan fingerprint density at radius 1 is 0.905 bits per heavy atom. The monoisotopic (exact) mass is 291 g/mol. The van der Waals surface area contributed by atoms with Crippen LogP contribution in [0.15, 0.2) is 66.9 Å². The molecule has 0 bridgehead atoms. The first-order valence-electron chi connectivity index (χ1n) is 6.82. The first-order chi connectivity index (χ1) is 10.3. The van der Waals surface area contributed by atoms with Crippen molar-refractivity contribution in [1.29, 1.82) is 0 Å². The number of aromatic nitrogens is 1. The Labute approximate surface area is 126 Å². The highest BCUT2D eigenvalue weighted by Gasteiger charge is 2.14. The predicted molar refractivity (Wildman–Crippen MR) is 87.6 cm³/mol. The Morgan fingerprint density at radius 2 is 1.67 bits per heavy atom. The van der Waals surface area contributed by atoms with Gasteiger partial charge in [0.2, 0.25) is 0 Å². The van der Waals surface area contributed by atoms with E-state index in [-0.39, 0.29) is 0 Å². The first kappa shape index (κ1) is 12.5. The van der Waals surface area contributed by atoms with E-state index in [1.165, 1.54) is 10.1 Å². The Bertz CT molecular complexity index is 895. The number of hydrogen-bond donors (Lipinski definition) is 1. The third-order valence-electron chi connectivity index (χ3n) is 3.64. The number of fused-ring (bicyclic) bond motifs is 2. The zero-order chi connectivity index (χ0) is 14.2. The highest BCUT2D eigenvalue weighted by Crippen LogP contribution is 2.33. The molecule has 0 saturated carbocycles. The molecule has 0 saturated heterocycles. The minimum absolute atomic E-state index is 0.625. The molecule has 1 atom stereocenters. The summed E-state index contributed by atoms with van der Waals surface area (Å²) in [7, 11) is 0. The van der Waals surface area contributed by atoms with Gasteiger partial charge in [0.1, 0.15) is 6.10 Å². The van der Waals surface area contributed by atoms with E-state index in [9.17, 15) is 5.11 Å². The van der Waals surface area contributed by atoms with E-state index >= 15 is 0 Å². The molecule has 102 valence electrons. The van der Waals surface area contributed by atoms with Gasteiger partial charge in [-0.2, -0.15) is 0 Å². The summed E-state index contributed by atoms with van der Waals surface area (Å²) in [6, 6.07) is 20.2. The number of nitrogens with zero attached hydrogens (tertiary/aromatic N) is 1. The number of pyridine rings is 1. The molecule has 2 nitrogen and oxygen atoms in total. The second-order valence-corrected chi connectivity index (χ2v) is 6.17. The summed E-state index contributed by atoms with van der Waals surface area (Å²) in [5.74, 6) is 0. The summed E-state index contributed by atoms with van der Waals surface area (Å²) in [6.45, 7) is 0. The fraction of sp³-hybridized carbons (Fsp3) is 0.0556. The van der Waals surface area contributed by atoms with Crippen molar-refractivity contribution in [3.63, 3.8) is 0 Å². The van der Waals surface area contributed by atoms with Gasteiger partial charge in [-0.15, -0.1) is 11.3 Å². The van der Waals surface area contributed by atoms with Crippen LogP contribution in [0.3, 0.4) is 0 Å². The Morgan fingerprint density at radius 3 is 2.52 bits per heavy atom. The average molecular weight is 291 g/mol. The van der Waals surface area contributed by atoms with Crippen molar-refractivity contribution < 1.29 is 5.11 Å². The maximum atomic E-state index is 10.6. The molecule has 0 radical (unpaired) electrons. The largest absolute Gasteiger partial charge is 0.383 e. The molecule has 0 fully saturated rings. The van der Waals surface area contributed by atoms with E-state index in [0.717, 1.165) is 21.3 Å². The molecule has 2 heterocycles. The van der Waals surface area contributed by atoms with Crippen LogP contribution in [0.4, 0.5) is 0 Å². The van der Waals surface area contributed by atoms with Crippen LogP contribution in [0.5, 0.6) is 0 Å². The third kappa shape index (κ3) is 2.20. The van der Waals surface area contributed by atoms with Gasteiger partial charge in [-0.25, -0.2) is 0 Å². The van der Waals surface area contributed by atoms with Crippen molar-refractivity contribution >= 4 is 32.3 Å². The molecular formula is C18H13NOS. The maximum Gasteiger partial charge on any atom is 0.115 e. The van der Waals surface area contributed by atoms with Gasteiger partial charge in [-0.3, -0.25) is 4.98 Å². The van der Waals surface area contributed by atoms with Crippen LogP contribution in [-0.4, -0.2) is 10.1 Å². The molecule has 1 N–H and O–H groups in total. The second kappa shape index (κ2) is 4.95. The molecule has 0 aliphatic carbocycles. The van der Waals surface area contributed by atoms with Crippen molar-refractivity contribution in [1.82, 2.24) is 4.98 Å². The van der Waals surface area contributed by atoms with Crippen molar-refractivity contribution in [2.45, 2.75) is 6.10 Å². The fourth-order valence-electron chi connectivity index (χ4n) is 2.54. The smallest absolute Gasteiger partial charge is 0.115 e. The molecule has 0 aliphatic heterocycles. The first-order valence-corrected chi connectivity index (χ1v) is 7.64. The van der Waals surface area contributed by atoms with Gasteiger partial charge >= 0.3 is 0 Å².